The van der Waals surface area contributed by atoms with E-state index in [-0.39, 0.29) is 35.3 Å². The highest BCUT2D eigenvalue weighted by Crippen LogP contribution is 2.66. The van der Waals surface area contributed by atoms with E-state index in [0.29, 0.717) is 23.8 Å². The molecule has 158 valence electrons. The van der Waals surface area contributed by atoms with Gasteiger partial charge in [0.2, 0.25) is 5.91 Å². The van der Waals surface area contributed by atoms with E-state index in [2.05, 4.69) is 13.0 Å². The summed E-state index contributed by atoms with van der Waals surface area (Å²) in [5.41, 5.74) is 7.97. The standard InChI is InChI=1S/C23H38N2O3/c1-14(25(28)15(2)27)19-6-7-21-18-5-4-16-12-17(24)8-10-22(16,3)20(18)9-11-23(19,21)13-26/h4,14,17-21,26,28H,5-13,24H2,1-3H3. The maximum Gasteiger partial charge on any atom is 0.243 e. The van der Waals surface area contributed by atoms with Crippen molar-refractivity contribution in [3.8, 4) is 0 Å². The number of fused-ring (bicyclic) bond motifs is 5. The predicted molar refractivity (Wildman–Crippen MR) is 108 cm³/mol. The summed E-state index contributed by atoms with van der Waals surface area (Å²) in [5, 5.41) is 21.8. The van der Waals surface area contributed by atoms with Crippen LogP contribution in [0.5, 0.6) is 0 Å². The number of amides is 1. The SMILES string of the molecule is CC(=O)N(O)C(C)C1CCC2C3CC=C4CC(N)CCC4(C)C3CCC21CO. The summed E-state index contributed by atoms with van der Waals surface area (Å²) in [4.78, 5) is 11.7. The van der Waals surface area contributed by atoms with Crippen LogP contribution in [0.2, 0.25) is 0 Å². The largest absolute Gasteiger partial charge is 0.396 e. The van der Waals surface area contributed by atoms with Crippen molar-refractivity contribution in [3.05, 3.63) is 11.6 Å². The smallest absolute Gasteiger partial charge is 0.243 e. The molecule has 28 heavy (non-hydrogen) atoms. The van der Waals surface area contributed by atoms with Crippen molar-refractivity contribution in [1.29, 1.82) is 0 Å². The third-order valence-corrected chi connectivity index (χ3v) is 9.51. The van der Waals surface area contributed by atoms with Crippen molar-refractivity contribution in [2.45, 2.75) is 84.2 Å². The van der Waals surface area contributed by atoms with Gasteiger partial charge in [-0.2, -0.15) is 0 Å². The van der Waals surface area contributed by atoms with Crippen LogP contribution in [0.15, 0.2) is 11.6 Å². The number of nitrogens with two attached hydrogens (primary N) is 1. The average molecular weight is 391 g/mol. The first-order chi connectivity index (χ1) is 13.2. The zero-order valence-electron chi connectivity index (χ0n) is 17.7. The highest BCUT2D eigenvalue weighted by molar-refractivity contribution is 5.72. The minimum atomic E-state index is -0.311. The van der Waals surface area contributed by atoms with Crippen LogP contribution >= 0.6 is 0 Å². The number of aliphatic hydroxyl groups is 1. The Morgan fingerprint density at radius 3 is 2.71 bits per heavy atom. The van der Waals surface area contributed by atoms with Crippen LogP contribution in [-0.4, -0.2) is 40.0 Å². The van der Waals surface area contributed by atoms with Gasteiger partial charge in [-0.25, -0.2) is 5.06 Å². The second kappa shape index (κ2) is 7.10. The van der Waals surface area contributed by atoms with Gasteiger partial charge >= 0.3 is 0 Å². The van der Waals surface area contributed by atoms with Gasteiger partial charge < -0.3 is 10.8 Å². The quantitative estimate of drug-likeness (QED) is 0.391. The molecular weight excluding hydrogens is 352 g/mol. The summed E-state index contributed by atoms with van der Waals surface area (Å²) in [5.74, 6) is 1.61. The molecule has 8 atom stereocenters. The maximum absolute atomic E-state index is 11.7. The number of hydroxylamine groups is 2. The minimum absolute atomic E-state index is 0.162. The topological polar surface area (TPSA) is 86.8 Å². The summed E-state index contributed by atoms with van der Waals surface area (Å²) in [6.07, 6.45) is 11.2. The molecule has 0 aromatic carbocycles. The fourth-order valence-electron chi connectivity index (χ4n) is 8.03. The van der Waals surface area contributed by atoms with Gasteiger partial charge in [-0.1, -0.05) is 18.6 Å². The Bertz CT molecular complexity index is 664. The van der Waals surface area contributed by atoms with Crippen LogP contribution in [0.1, 0.15) is 72.1 Å². The van der Waals surface area contributed by atoms with E-state index >= 15 is 0 Å². The van der Waals surface area contributed by atoms with Crippen molar-refractivity contribution in [2.75, 3.05) is 6.61 Å². The van der Waals surface area contributed by atoms with Crippen molar-refractivity contribution in [2.24, 2.45) is 40.2 Å². The fourth-order valence-corrected chi connectivity index (χ4v) is 8.03. The minimum Gasteiger partial charge on any atom is -0.396 e. The number of hydrogen-bond donors (Lipinski definition) is 3. The van der Waals surface area contributed by atoms with Gasteiger partial charge in [0.05, 0.1) is 6.04 Å². The molecule has 0 saturated heterocycles. The predicted octanol–water partition coefficient (Wildman–Crippen LogP) is 3.49. The molecule has 0 aliphatic heterocycles. The number of hydrogen-bond acceptors (Lipinski definition) is 4. The maximum atomic E-state index is 11.7. The van der Waals surface area contributed by atoms with Gasteiger partial charge in [-0.3, -0.25) is 10.0 Å². The van der Waals surface area contributed by atoms with Crippen LogP contribution in [0.4, 0.5) is 0 Å². The molecule has 5 heteroatoms. The molecular formula is C23H38N2O3. The molecule has 4 rings (SSSR count). The zero-order chi connectivity index (χ0) is 20.3. The summed E-state index contributed by atoms with van der Waals surface area (Å²) < 4.78 is 0. The van der Waals surface area contributed by atoms with Crippen LogP contribution in [-0.2, 0) is 4.79 Å². The molecule has 1 amide bonds. The van der Waals surface area contributed by atoms with Crippen LogP contribution in [0.25, 0.3) is 0 Å². The molecule has 4 N–H and O–H groups in total. The molecule has 8 unspecified atom stereocenters. The summed E-state index contributed by atoms with van der Waals surface area (Å²) in [6, 6.07) is 0.0685. The zero-order valence-corrected chi connectivity index (χ0v) is 17.7. The van der Waals surface area contributed by atoms with Crippen molar-refractivity contribution >= 4 is 5.91 Å². The van der Waals surface area contributed by atoms with Gasteiger partial charge in [0.25, 0.3) is 0 Å². The average Bonchev–Trinajstić information content (AvgIpc) is 3.07. The van der Waals surface area contributed by atoms with E-state index in [1.807, 2.05) is 6.92 Å². The highest BCUT2D eigenvalue weighted by atomic mass is 16.5. The van der Waals surface area contributed by atoms with E-state index < -0.39 is 0 Å². The summed E-state index contributed by atoms with van der Waals surface area (Å²) in [6.45, 7) is 5.99. The number of aliphatic hydroxyl groups excluding tert-OH is 1. The first-order valence-corrected chi connectivity index (χ1v) is 11.3. The summed E-state index contributed by atoms with van der Waals surface area (Å²) in [7, 11) is 0. The van der Waals surface area contributed by atoms with E-state index in [0.717, 1.165) is 50.0 Å². The second-order valence-electron chi connectivity index (χ2n) is 10.5. The molecule has 3 fully saturated rings. The molecule has 0 radical (unpaired) electrons. The second-order valence-corrected chi connectivity index (χ2v) is 10.5. The van der Waals surface area contributed by atoms with Gasteiger partial charge in [0.1, 0.15) is 0 Å². The number of nitrogens with zero attached hydrogens (tertiary/aromatic N) is 1. The number of allylic oxidation sites excluding steroid dienone is 1. The van der Waals surface area contributed by atoms with Gasteiger partial charge in [-0.05, 0) is 87.4 Å². The lowest BCUT2D eigenvalue weighted by molar-refractivity contribution is -0.185. The number of rotatable bonds is 3. The van der Waals surface area contributed by atoms with Crippen molar-refractivity contribution < 1.29 is 15.1 Å². The lowest BCUT2D eigenvalue weighted by atomic mass is 9.47. The summed E-state index contributed by atoms with van der Waals surface area (Å²) >= 11 is 0. The number of carbonyl (C=O) groups excluding carboxylic acids is 1. The van der Waals surface area contributed by atoms with Gasteiger partial charge in [0.15, 0.2) is 0 Å². The monoisotopic (exact) mass is 390 g/mol. The van der Waals surface area contributed by atoms with Gasteiger partial charge in [0, 0.05) is 25.0 Å². The Morgan fingerprint density at radius 1 is 1.29 bits per heavy atom. The van der Waals surface area contributed by atoms with Crippen LogP contribution in [0.3, 0.4) is 0 Å². The highest BCUT2D eigenvalue weighted by Gasteiger charge is 2.61. The molecule has 0 aromatic heterocycles. The molecule has 0 heterocycles. The molecule has 0 bridgehead atoms. The molecule has 0 spiro atoms. The first-order valence-electron chi connectivity index (χ1n) is 11.3. The lowest BCUT2D eigenvalue weighted by Gasteiger charge is -2.59. The Labute approximate surface area is 169 Å². The molecule has 3 saturated carbocycles. The van der Waals surface area contributed by atoms with E-state index in [4.69, 9.17) is 5.73 Å². The van der Waals surface area contributed by atoms with Crippen LogP contribution < -0.4 is 5.73 Å². The Hall–Kier alpha value is -0.910. The lowest BCUT2D eigenvalue weighted by Crippen LogP contribution is -2.55. The van der Waals surface area contributed by atoms with E-state index in [9.17, 15) is 15.1 Å². The Balaban J connectivity index is 1.63. The van der Waals surface area contributed by atoms with Crippen molar-refractivity contribution in [1.82, 2.24) is 5.06 Å². The first kappa shape index (κ1) is 20.4. The Morgan fingerprint density at radius 2 is 2.04 bits per heavy atom. The normalized spacial score (nSPS) is 46.1. The van der Waals surface area contributed by atoms with Crippen LogP contribution in [0, 0.1) is 34.5 Å². The van der Waals surface area contributed by atoms with E-state index in [1.165, 1.54) is 13.3 Å². The molecule has 0 aromatic rings. The molecule has 4 aliphatic rings. The van der Waals surface area contributed by atoms with E-state index in [1.54, 1.807) is 5.57 Å². The number of carbonyl (C=O) groups is 1. The fraction of sp³-hybridized carbons (Fsp3) is 0.870. The third-order valence-electron chi connectivity index (χ3n) is 9.51. The van der Waals surface area contributed by atoms with Gasteiger partial charge in [-0.15, -0.1) is 0 Å². The molecule has 4 aliphatic carbocycles. The Kier molecular flexibility index (Phi) is 5.17. The third kappa shape index (κ3) is 2.80. The van der Waals surface area contributed by atoms with Crippen molar-refractivity contribution in [3.63, 3.8) is 0 Å². The molecule has 5 nitrogen and oxygen atoms in total.